The van der Waals surface area contributed by atoms with E-state index in [0.29, 0.717) is 12.3 Å². The van der Waals surface area contributed by atoms with Crippen molar-refractivity contribution in [3.8, 4) is 11.5 Å². The first kappa shape index (κ1) is 17.4. The summed E-state index contributed by atoms with van der Waals surface area (Å²) in [6.07, 6.45) is 5.37. The summed E-state index contributed by atoms with van der Waals surface area (Å²) in [5, 5.41) is 3.77. The molecule has 0 spiro atoms. The third kappa shape index (κ3) is 4.57. The molecule has 1 aromatic heterocycles. The van der Waals surface area contributed by atoms with Crippen molar-refractivity contribution in [1.82, 2.24) is 20.2 Å². The number of nitrogens with one attached hydrogen (secondary N) is 1. The summed E-state index contributed by atoms with van der Waals surface area (Å²) in [6.45, 7) is 5.04. The number of fused-ring (bicyclic) bond motifs is 1. The molecule has 3 rings (SSSR count). The Hall–Kier alpha value is -2.41. The van der Waals surface area contributed by atoms with Crippen molar-refractivity contribution in [1.29, 1.82) is 0 Å². The van der Waals surface area contributed by atoms with Crippen molar-refractivity contribution in [2.75, 3.05) is 33.3 Å². The van der Waals surface area contributed by atoms with Gasteiger partial charge in [-0.25, -0.2) is 9.97 Å². The molecular formula is C18H24N4O3. The number of benzene rings is 1. The molecule has 0 unspecified atom stereocenters. The minimum atomic E-state index is 0.0191. The van der Waals surface area contributed by atoms with Crippen LogP contribution in [0.5, 0.6) is 11.5 Å². The van der Waals surface area contributed by atoms with Crippen molar-refractivity contribution < 1.29 is 14.3 Å². The fraction of sp³-hybridized carbons (Fsp3) is 0.500. The number of hydrogen-bond donors (Lipinski definition) is 1. The van der Waals surface area contributed by atoms with E-state index in [1.165, 1.54) is 6.33 Å². The van der Waals surface area contributed by atoms with E-state index in [4.69, 9.17) is 9.47 Å². The molecule has 0 atom stereocenters. The highest BCUT2D eigenvalue weighted by Gasteiger charge is 2.21. The van der Waals surface area contributed by atoms with Crippen LogP contribution in [0.1, 0.15) is 19.8 Å². The molecule has 2 aromatic rings. The molecule has 2 heterocycles. The number of hydrogen-bond acceptors (Lipinski definition) is 6. The first-order valence-electron chi connectivity index (χ1n) is 8.57. The Bertz CT molecular complexity index is 729. The van der Waals surface area contributed by atoms with Crippen LogP contribution in [0.25, 0.3) is 10.9 Å². The summed E-state index contributed by atoms with van der Waals surface area (Å²) in [4.78, 5) is 21.6. The molecule has 0 radical (unpaired) electrons. The SMILES string of the molecule is COc1cc2ncncc2cc1OC1CCN(CCNC(C)=O)CC1. The lowest BCUT2D eigenvalue weighted by Gasteiger charge is -2.32. The van der Waals surface area contributed by atoms with Gasteiger partial charge in [0, 0.05) is 50.8 Å². The summed E-state index contributed by atoms with van der Waals surface area (Å²) in [6, 6.07) is 3.83. The largest absolute Gasteiger partial charge is 0.493 e. The van der Waals surface area contributed by atoms with Gasteiger partial charge in [-0.15, -0.1) is 0 Å². The van der Waals surface area contributed by atoms with Crippen molar-refractivity contribution in [2.45, 2.75) is 25.9 Å². The van der Waals surface area contributed by atoms with E-state index < -0.39 is 0 Å². The predicted octanol–water partition coefficient (Wildman–Crippen LogP) is 1.62. The summed E-state index contributed by atoms with van der Waals surface area (Å²) in [5.41, 5.74) is 0.840. The minimum Gasteiger partial charge on any atom is -0.493 e. The van der Waals surface area contributed by atoms with E-state index in [-0.39, 0.29) is 12.0 Å². The average molecular weight is 344 g/mol. The molecule has 0 aliphatic carbocycles. The van der Waals surface area contributed by atoms with Gasteiger partial charge in [0.25, 0.3) is 0 Å². The van der Waals surface area contributed by atoms with Gasteiger partial charge in [-0.1, -0.05) is 0 Å². The second-order valence-corrected chi connectivity index (χ2v) is 6.23. The minimum absolute atomic E-state index is 0.0191. The molecule has 25 heavy (non-hydrogen) atoms. The van der Waals surface area contributed by atoms with Crippen molar-refractivity contribution in [2.24, 2.45) is 0 Å². The standard InChI is InChI=1S/C18H24N4O3/c1-13(23)20-5-8-22-6-3-15(4-7-22)25-18-9-14-11-19-12-21-16(14)10-17(18)24-2/h9-12,15H,3-8H2,1-2H3,(H,20,23). The van der Waals surface area contributed by atoms with Crippen LogP contribution >= 0.6 is 0 Å². The Labute approximate surface area is 147 Å². The quantitative estimate of drug-likeness (QED) is 0.858. The number of ether oxygens (including phenoxy) is 2. The van der Waals surface area contributed by atoms with Crippen molar-refractivity contribution >= 4 is 16.8 Å². The van der Waals surface area contributed by atoms with E-state index in [9.17, 15) is 4.79 Å². The molecule has 1 amide bonds. The summed E-state index contributed by atoms with van der Waals surface area (Å²) < 4.78 is 11.7. The van der Waals surface area contributed by atoms with Gasteiger partial charge in [0.1, 0.15) is 12.4 Å². The van der Waals surface area contributed by atoms with Gasteiger partial charge in [-0.05, 0) is 18.9 Å². The number of likely N-dealkylation sites (tertiary alicyclic amines) is 1. The topological polar surface area (TPSA) is 76.6 Å². The number of piperidine rings is 1. The third-order valence-electron chi connectivity index (χ3n) is 4.42. The molecule has 1 aliphatic rings. The molecule has 0 bridgehead atoms. The van der Waals surface area contributed by atoms with Gasteiger partial charge in [0.2, 0.25) is 5.91 Å². The van der Waals surface area contributed by atoms with E-state index in [1.54, 1.807) is 20.2 Å². The maximum Gasteiger partial charge on any atom is 0.216 e. The molecule has 7 nitrogen and oxygen atoms in total. The van der Waals surface area contributed by atoms with Crippen LogP contribution in [0.2, 0.25) is 0 Å². The molecule has 1 aromatic carbocycles. The zero-order chi connectivity index (χ0) is 17.6. The number of methoxy groups -OCH3 is 1. The zero-order valence-corrected chi connectivity index (χ0v) is 14.7. The Kier molecular flexibility index (Phi) is 5.65. The molecular weight excluding hydrogens is 320 g/mol. The van der Waals surface area contributed by atoms with E-state index in [1.807, 2.05) is 12.1 Å². The maximum atomic E-state index is 10.9. The number of carbonyl (C=O) groups is 1. The molecule has 1 fully saturated rings. The maximum absolute atomic E-state index is 10.9. The van der Waals surface area contributed by atoms with Gasteiger partial charge in [0.15, 0.2) is 11.5 Å². The molecule has 134 valence electrons. The first-order chi connectivity index (χ1) is 12.2. The fourth-order valence-corrected chi connectivity index (χ4v) is 3.06. The second-order valence-electron chi connectivity index (χ2n) is 6.23. The van der Waals surface area contributed by atoms with Crippen LogP contribution in [0.4, 0.5) is 0 Å². The lowest BCUT2D eigenvalue weighted by Crippen LogP contribution is -2.41. The highest BCUT2D eigenvalue weighted by Crippen LogP contribution is 2.33. The number of carbonyl (C=O) groups excluding carboxylic acids is 1. The number of rotatable bonds is 6. The zero-order valence-electron chi connectivity index (χ0n) is 14.7. The third-order valence-corrected chi connectivity index (χ3v) is 4.42. The fourth-order valence-electron chi connectivity index (χ4n) is 3.06. The molecule has 0 saturated carbocycles. The molecule has 1 saturated heterocycles. The summed E-state index contributed by atoms with van der Waals surface area (Å²) in [7, 11) is 1.64. The van der Waals surface area contributed by atoms with Crippen molar-refractivity contribution in [3.63, 3.8) is 0 Å². The van der Waals surface area contributed by atoms with Gasteiger partial charge in [-0.2, -0.15) is 0 Å². The lowest BCUT2D eigenvalue weighted by molar-refractivity contribution is -0.119. The molecule has 7 heteroatoms. The van der Waals surface area contributed by atoms with Gasteiger partial charge < -0.3 is 19.7 Å². The normalized spacial score (nSPS) is 15.9. The predicted molar refractivity (Wildman–Crippen MR) is 94.9 cm³/mol. The van der Waals surface area contributed by atoms with Crippen LogP contribution in [0.15, 0.2) is 24.7 Å². The number of nitrogens with zero attached hydrogens (tertiary/aromatic N) is 3. The molecule has 1 aliphatic heterocycles. The van der Waals surface area contributed by atoms with Gasteiger partial charge in [-0.3, -0.25) is 4.79 Å². The Morgan fingerprint density at radius 2 is 2.12 bits per heavy atom. The van der Waals surface area contributed by atoms with Crippen LogP contribution < -0.4 is 14.8 Å². The Morgan fingerprint density at radius 1 is 1.32 bits per heavy atom. The van der Waals surface area contributed by atoms with Crippen molar-refractivity contribution in [3.05, 3.63) is 24.7 Å². The second kappa shape index (κ2) is 8.11. The van der Waals surface area contributed by atoms with E-state index in [2.05, 4.69) is 20.2 Å². The summed E-state index contributed by atoms with van der Waals surface area (Å²) >= 11 is 0. The van der Waals surface area contributed by atoms with Gasteiger partial charge >= 0.3 is 0 Å². The van der Waals surface area contributed by atoms with Crippen LogP contribution in [-0.4, -0.2) is 60.2 Å². The first-order valence-corrected chi connectivity index (χ1v) is 8.57. The number of amides is 1. The Balaban J connectivity index is 1.58. The van der Waals surface area contributed by atoms with Crippen LogP contribution in [0, 0.1) is 0 Å². The smallest absolute Gasteiger partial charge is 0.216 e. The highest BCUT2D eigenvalue weighted by molar-refractivity contribution is 5.81. The molecule has 1 N–H and O–H groups in total. The van der Waals surface area contributed by atoms with Crippen LogP contribution in [-0.2, 0) is 4.79 Å². The monoisotopic (exact) mass is 344 g/mol. The van der Waals surface area contributed by atoms with Crippen LogP contribution in [0.3, 0.4) is 0 Å². The van der Waals surface area contributed by atoms with E-state index >= 15 is 0 Å². The lowest BCUT2D eigenvalue weighted by atomic mass is 10.1. The summed E-state index contributed by atoms with van der Waals surface area (Å²) in [5.74, 6) is 1.45. The highest BCUT2D eigenvalue weighted by atomic mass is 16.5. The number of aromatic nitrogens is 2. The average Bonchev–Trinajstić information content (AvgIpc) is 2.62. The van der Waals surface area contributed by atoms with Gasteiger partial charge in [0.05, 0.1) is 12.6 Å². The van der Waals surface area contributed by atoms with E-state index in [0.717, 1.165) is 49.1 Å². The Morgan fingerprint density at radius 3 is 2.84 bits per heavy atom.